The van der Waals surface area contributed by atoms with E-state index in [2.05, 4.69) is 0 Å². The first-order valence-electron chi connectivity index (χ1n) is 8.25. The number of benzene rings is 1. The predicted octanol–water partition coefficient (Wildman–Crippen LogP) is 3.52. The van der Waals surface area contributed by atoms with E-state index in [1.165, 1.54) is 19.3 Å². The number of allylic oxidation sites excluding steroid dienone is 1. The summed E-state index contributed by atoms with van der Waals surface area (Å²) < 4.78 is 15.9. The van der Waals surface area contributed by atoms with Crippen molar-refractivity contribution in [3.63, 3.8) is 0 Å². The lowest BCUT2D eigenvalue weighted by molar-refractivity contribution is -0.142. The lowest BCUT2D eigenvalue weighted by Gasteiger charge is -2.21. The zero-order chi connectivity index (χ0) is 19.4. The van der Waals surface area contributed by atoms with Gasteiger partial charge in [0.05, 0.1) is 7.11 Å². The fraction of sp³-hybridized carbons (Fsp3) is 0.350. The summed E-state index contributed by atoms with van der Waals surface area (Å²) in [6, 6.07) is 6.15. The molecular formula is C20H22O6. The molecule has 138 valence electrons. The highest BCUT2D eigenvalue weighted by atomic mass is 16.5. The molecule has 2 rings (SSSR count). The maximum Gasteiger partial charge on any atom is 0.336 e. The van der Waals surface area contributed by atoms with Crippen molar-refractivity contribution in [2.45, 2.75) is 33.8 Å². The molecule has 0 radical (unpaired) electrons. The van der Waals surface area contributed by atoms with Gasteiger partial charge in [0.1, 0.15) is 11.3 Å². The smallest absolute Gasteiger partial charge is 0.336 e. The van der Waals surface area contributed by atoms with Crippen molar-refractivity contribution >= 4 is 22.7 Å². The van der Waals surface area contributed by atoms with Gasteiger partial charge in [0.25, 0.3) is 0 Å². The Morgan fingerprint density at radius 3 is 2.35 bits per heavy atom. The van der Waals surface area contributed by atoms with Crippen molar-refractivity contribution in [2.75, 3.05) is 7.11 Å². The van der Waals surface area contributed by atoms with Crippen LogP contribution in [0.2, 0.25) is 0 Å². The van der Waals surface area contributed by atoms with E-state index in [0.717, 1.165) is 5.57 Å². The van der Waals surface area contributed by atoms with Crippen molar-refractivity contribution < 1.29 is 23.5 Å². The Kier molecular flexibility index (Phi) is 5.97. The second-order valence-corrected chi connectivity index (χ2v) is 6.50. The van der Waals surface area contributed by atoms with Crippen LogP contribution < -0.4 is 10.4 Å². The highest BCUT2D eigenvalue weighted by molar-refractivity contribution is 6.11. The number of methoxy groups -OCH3 is 1. The van der Waals surface area contributed by atoms with E-state index in [0.29, 0.717) is 5.39 Å². The fourth-order valence-corrected chi connectivity index (χ4v) is 2.55. The predicted molar refractivity (Wildman–Crippen MR) is 97.5 cm³/mol. The van der Waals surface area contributed by atoms with Crippen LogP contribution in [-0.4, -0.2) is 25.0 Å². The molecule has 1 heterocycles. The second kappa shape index (κ2) is 7.99. The van der Waals surface area contributed by atoms with E-state index in [1.807, 2.05) is 0 Å². The van der Waals surface area contributed by atoms with Crippen molar-refractivity contribution in [2.24, 2.45) is 5.92 Å². The normalized spacial score (nSPS) is 11.9. The van der Waals surface area contributed by atoms with Gasteiger partial charge in [-0.15, -0.1) is 0 Å². The van der Waals surface area contributed by atoms with Crippen molar-refractivity contribution in [1.29, 1.82) is 0 Å². The molecule has 0 saturated carbocycles. The summed E-state index contributed by atoms with van der Waals surface area (Å²) in [4.78, 5) is 36.8. The van der Waals surface area contributed by atoms with E-state index in [1.54, 1.807) is 45.9 Å². The molecule has 6 nitrogen and oxygen atoms in total. The summed E-state index contributed by atoms with van der Waals surface area (Å²) in [7, 11) is 1.42. The van der Waals surface area contributed by atoms with Gasteiger partial charge in [-0.1, -0.05) is 19.4 Å². The van der Waals surface area contributed by atoms with Gasteiger partial charge in [0, 0.05) is 17.5 Å². The number of hydrogen-bond donors (Lipinski definition) is 0. The molecule has 1 aromatic carbocycles. The number of esters is 1. The topological polar surface area (TPSA) is 82.8 Å². The highest BCUT2D eigenvalue weighted by Crippen LogP contribution is 2.30. The van der Waals surface area contributed by atoms with Gasteiger partial charge in [-0.25, -0.2) is 9.59 Å². The van der Waals surface area contributed by atoms with Crippen LogP contribution in [0.15, 0.2) is 45.1 Å². The van der Waals surface area contributed by atoms with Gasteiger partial charge in [0.2, 0.25) is 5.78 Å². The number of hydrogen-bond acceptors (Lipinski definition) is 6. The monoisotopic (exact) mass is 358 g/mol. The third kappa shape index (κ3) is 4.20. The minimum absolute atomic E-state index is 0.0893. The van der Waals surface area contributed by atoms with E-state index in [9.17, 15) is 14.4 Å². The number of carbonyl (C=O) groups is 2. The average Bonchev–Trinajstić information content (AvgIpc) is 2.57. The van der Waals surface area contributed by atoms with Crippen LogP contribution in [-0.2, 0) is 9.53 Å². The van der Waals surface area contributed by atoms with Crippen LogP contribution in [0.25, 0.3) is 11.0 Å². The SMILES string of the molecule is COc1ccc2ccc(=O)oc2c1C(=O)C(OC(=O)C=C(C)C)C(C)C. The maximum atomic E-state index is 13.2. The molecule has 1 unspecified atom stereocenters. The number of ether oxygens (including phenoxy) is 2. The Labute approximate surface area is 151 Å². The van der Waals surface area contributed by atoms with Gasteiger partial charge in [0.15, 0.2) is 11.7 Å². The summed E-state index contributed by atoms with van der Waals surface area (Å²) in [6.45, 7) is 7.06. The van der Waals surface area contributed by atoms with Crippen LogP contribution in [0.3, 0.4) is 0 Å². The number of rotatable bonds is 6. The lowest BCUT2D eigenvalue weighted by Crippen LogP contribution is -2.32. The Morgan fingerprint density at radius 2 is 1.77 bits per heavy atom. The van der Waals surface area contributed by atoms with Crippen LogP contribution in [0, 0.1) is 5.92 Å². The largest absolute Gasteiger partial charge is 0.496 e. The Bertz CT molecular complexity index is 916. The van der Waals surface area contributed by atoms with Gasteiger partial charge in [-0.2, -0.15) is 0 Å². The number of Topliss-reactive ketones (excluding diaryl/α,β-unsaturated/α-hetero) is 1. The fourth-order valence-electron chi connectivity index (χ4n) is 2.55. The van der Waals surface area contributed by atoms with Gasteiger partial charge in [-0.3, -0.25) is 4.79 Å². The van der Waals surface area contributed by atoms with Gasteiger partial charge < -0.3 is 13.9 Å². The molecular weight excluding hydrogens is 336 g/mol. The maximum absolute atomic E-state index is 13.2. The first-order chi connectivity index (χ1) is 12.2. The standard InChI is InChI=1S/C20H22O6/c1-11(2)10-16(22)26-19(12(3)4)18(23)17-14(24-5)8-6-13-7-9-15(21)25-20(13)17/h6-10,12,19H,1-5H3. The second-order valence-electron chi connectivity index (χ2n) is 6.50. The van der Waals surface area contributed by atoms with Crippen molar-refractivity contribution in [3.05, 3.63) is 51.9 Å². The zero-order valence-corrected chi connectivity index (χ0v) is 15.5. The molecule has 0 spiro atoms. The van der Waals surface area contributed by atoms with Crippen molar-refractivity contribution in [3.8, 4) is 5.75 Å². The van der Waals surface area contributed by atoms with Gasteiger partial charge in [-0.05, 0) is 38.0 Å². The summed E-state index contributed by atoms with van der Waals surface area (Å²) in [5.74, 6) is -1.11. The third-order valence-electron chi connectivity index (χ3n) is 3.73. The zero-order valence-electron chi connectivity index (χ0n) is 15.5. The quantitative estimate of drug-likeness (QED) is 0.340. The van der Waals surface area contributed by atoms with Crippen LogP contribution >= 0.6 is 0 Å². The summed E-state index contributed by atoms with van der Waals surface area (Å²) >= 11 is 0. The third-order valence-corrected chi connectivity index (χ3v) is 3.73. The lowest BCUT2D eigenvalue weighted by atomic mass is 9.95. The molecule has 0 saturated heterocycles. The minimum Gasteiger partial charge on any atom is -0.496 e. The molecule has 0 aliphatic heterocycles. The van der Waals surface area contributed by atoms with Crippen LogP contribution in [0.5, 0.6) is 5.75 Å². The summed E-state index contributed by atoms with van der Waals surface area (Å²) in [6.07, 6.45) is 0.284. The molecule has 0 bridgehead atoms. The molecule has 0 N–H and O–H groups in total. The molecule has 0 amide bonds. The van der Waals surface area contributed by atoms with E-state index < -0.39 is 23.5 Å². The first-order valence-corrected chi connectivity index (χ1v) is 8.25. The molecule has 26 heavy (non-hydrogen) atoms. The van der Waals surface area contributed by atoms with Crippen LogP contribution in [0.4, 0.5) is 0 Å². The molecule has 1 aromatic heterocycles. The molecule has 0 aliphatic rings. The Balaban J connectivity index is 2.58. The average molecular weight is 358 g/mol. The minimum atomic E-state index is -1.04. The first kappa shape index (κ1) is 19.4. The van der Waals surface area contributed by atoms with Gasteiger partial charge >= 0.3 is 11.6 Å². The van der Waals surface area contributed by atoms with E-state index >= 15 is 0 Å². The van der Waals surface area contributed by atoms with Crippen LogP contribution in [0.1, 0.15) is 38.1 Å². The summed E-state index contributed by atoms with van der Waals surface area (Å²) in [5.41, 5.74) is 0.387. The summed E-state index contributed by atoms with van der Waals surface area (Å²) in [5, 5.41) is 0.576. The molecule has 0 aliphatic carbocycles. The Morgan fingerprint density at radius 1 is 1.12 bits per heavy atom. The van der Waals surface area contributed by atoms with E-state index in [4.69, 9.17) is 13.9 Å². The number of carbonyl (C=O) groups excluding carboxylic acids is 2. The number of fused-ring (bicyclic) bond motifs is 1. The van der Waals surface area contributed by atoms with Crippen molar-refractivity contribution in [1.82, 2.24) is 0 Å². The molecule has 2 aromatic rings. The van der Waals surface area contributed by atoms with E-state index in [-0.39, 0.29) is 22.8 Å². The molecule has 6 heteroatoms. The number of ketones is 1. The molecule has 1 atom stereocenters. The Hall–Kier alpha value is -2.89. The molecule has 0 fully saturated rings. The highest BCUT2D eigenvalue weighted by Gasteiger charge is 2.31.